The van der Waals surface area contributed by atoms with E-state index >= 15 is 0 Å². The van der Waals surface area contributed by atoms with Gasteiger partial charge in [-0.2, -0.15) is 0 Å². The van der Waals surface area contributed by atoms with E-state index < -0.39 is 0 Å². The maximum Gasteiger partial charge on any atom is 0.0612 e. The highest BCUT2D eigenvalue weighted by Crippen LogP contribution is 2.34. The van der Waals surface area contributed by atoms with Gasteiger partial charge >= 0.3 is 0 Å². The first-order valence-corrected chi connectivity index (χ1v) is 5.64. The lowest BCUT2D eigenvalue weighted by Crippen LogP contribution is -2.16. The van der Waals surface area contributed by atoms with Crippen LogP contribution >= 0.6 is 23.2 Å². The van der Waals surface area contributed by atoms with Crippen molar-refractivity contribution in [3.05, 3.63) is 28.2 Å². The van der Waals surface area contributed by atoms with Gasteiger partial charge in [-0.1, -0.05) is 23.2 Å². The quantitative estimate of drug-likeness (QED) is 0.820. The van der Waals surface area contributed by atoms with Gasteiger partial charge < -0.3 is 5.32 Å². The summed E-state index contributed by atoms with van der Waals surface area (Å²) >= 11 is 11.8. The van der Waals surface area contributed by atoms with Crippen molar-refractivity contribution < 1.29 is 0 Å². The smallest absolute Gasteiger partial charge is 0.0612 e. The van der Waals surface area contributed by atoms with E-state index in [1.54, 1.807) is 0 Å². The summed E-state index contributed by atoms with van der Waals surface area (Å²) in [6, 6.07) is 6.20. The largest absolute Gasteiger partial charge is 0.382 e. The van der Waals surface area contributed by atoms with E-state index in [1.807, 2.05) is 18.2 Å². The number of halogens is 2. The van der Waals surface area contributed by atoms with Gasteiger partial charge in [-0.3, -0.25) is 0 Å². The summed E-state index contributed by atoms with van der Waals surface area (Å²) < 4.78 is 0. The molecule has 0 spiro atoms. The van der Waals surface area contributed by atoms with Gasteiger partial charge in [0.05, 0.1) is 10.0 Å². The molecule has 1 nitrogen and oxygen atoms in total. The fourth-order valence-corrected chi connectivity index (χ4v) is 1.86. The molecule has 14 heavy (non-hydrogen) atoms. The van der Waals surface area contributed by atoms with Crippen LogP contribution in [0.3, 0.4) is 0 Å². The molecule has 0 aliphatic heterocycles. The lowest BCUT2D eigenvalue weighted by atomic mass is 10.2. The van der Waals surface area contributed by atoms with Crippen LogP contribution in [0.2, 0.25) is 10.0 Å². The molecule has 1 saturated carbocycles. The lowest BCUT2D eigenvalue weighted by Gasteiger charge is -2.14. The van der Waals surface area contributed by atoms with Crippen LogP contribution in [0.4, 0.5) is 5.69 Å². The predicted molar refractivity (Wildman–Crippen MR) is 62.3 cm³/mol. The Labute approximate surface area is 94.4 Å². The van der Waals surface area contributed by atoms with Crippen molar-refractivity contribution in [2.45, 2.75) is 25.8 Å². The fraction of sp³-hybridized carbons (Fsp3) is 0.455. The van der Waals surface area contributed by atoms with Gasteiger partial charge in [0, 0.05) is 11.7 Å². The molecule has 1 atom stereocenters. The van der Waals surface area contributed by atoms with Crippen LogP contribution in [0, 0.1) is 5.92 Å². The van der Waals surface area contributed by atoms with Gasteiger partial charge in [-0.15, -0.1) is 0 Å². The molecule has 1 N–H and O–H groups in total. The highest BCUT2D eigenvalue weighted by molar-refractivity contribution is 6.42. The Balaban J connectivity index is 2.04. The number of rotatable bonds is 3. The maximum atomic E-state index is 5.92. The molecule has 0 amide bonds. The Morgan fingerprint density at radius 1 is 1.29 bits per heavy atom. The minimum absolute atomic E-state index is 0.534. The molecular formula is C11H13Cl2N. The number of anilines is 1. The molecule has 76 valence electrons. The summed E-state index contributed by atoms with van der Waals surface area (Å²) in [6.07, 6.45) is 2.69. The normalized spacial score (nSPS) is 17.9. The molecule has 0 aromatic heterocycles. The first-order chi connectivity index (χ1) is 6.66. The summed E-state index contributed by atoms with van der Waals surface area (Å²) in [5.74, 6) is 0.837. The third-order valence-corrected chi connectivity index (χ3v) is 3.38. The topological polar surface area (TPSA) is 12.0 Å². The Morgan fingerprint density at radius 3 is 2.57 bits per heavy atom. The Kier molecular flexibility index (Phi) is 2.89. The summed E-state index contributed by atoms with van der Waals surface area (Å²) in [6.45, 7) is 2.21. The van der Waals surface area contributed by atoms with Crippen molar-refractivity contribution in [1.82, 2.24) is 0 Å². The molecule has 0 heterocycles. The third-order valence-electron chi connectivity index (χ3n) is 2.64. The van der Waals surface area contributed by atoms with E-state index in [2.05, 4.69) is 12.2 Å². The molecule has 0 saturated heterocycles. The van der Waals surface area contributed by atoms with Crippen LogP contribution in [0.5, 0.6) is 0 Å². The van der Waals surface area contributed by atoms with Crippen LogP contribution in [0.25, 0.3) is 0 Å². The molecule has 1 aromatic rings. The standard InChI is InChI=1S/C11H13Cl2N/c1-7(8-2-3-8)14-9-4-5-10(12)11(13)6-9/h4-8,14H,2-3H2,1H3. The summed E-state index contributed by atoms with van der Waals surface area (Å²) in [7, 11) is 0. The zero-order valence-electron chi connectivity index (χ0n) is 8.06. The first kappa shape index (κ1) is 10.1. The van der Waals surface area contributed by atoms with Crippen molar-refractivity contribution >= 4 is 28.9 Å². The second-order valence-corrected chi connectivity index (χ2v) is 4.71. The highest BCUT2D eigenvalue weighted by Gasteiger charge is 2.27. The van der Waals surface area contributed by atoms with Gasteiger partial charge in [0.25, 0.3) is 0 Å². The van der Waals surface area contributed by atoms with E-state index in [-0.39, 0.29) is 0 Å². The zero-order valence-corrected chi connectivity index (χ0v) is 9.57. The van der Waals surface area contributed by atoms with E-state index in [0.29, 0.717) is 16.1 Å². The molecule has 0 radical (unpaired) electrons. The van der Waals surface area contributed by atoms with Crippen LogP contribution in [-0.2, 0) is 0 Å². The summed E-state index contributed by atoms with van der Waals surface area (Å²) in [5.41, 5.74) is 1.05. The minimum atomic E-state index is 0.534. The second-order valence-electron chi connectivity index (χ2n) is 3.90. The van der Waals surface area contributed by atoms with E-state index in [4.69, 9.17) is 23.2 Å². The third kappa shape index (κ3) is 2.34. The van der Waals surface area contributed by atoms with Gasteiger partial charge in [-0.05, 0) is 43.9 Å². The van der Waals surface area contributed by atoms with E-state index in [9.17, 15) is 0 Å². The van der Waals surface area contributed by atoms with Crippen molar-refractivity contribution in [2.75, 3.05) is 5.32 Å². The van der Waals surface area contributed by atoms with Crippen molar-refractivity contribution in [3.8, 4) is 0 Å². The number of hydrogen-bond acceptors (Lipinski definition) is 1. The predicted octanol–water partition coefficient (Wildman–Crippen LogP) is 4.20. The molecule has 1 unspecified atom stereocenters. The average Bonchev–Trinajstić information content (AvgIpc) is 2.94. The Hall–Kier alpha value is -0.400. The van der Waals surface area contributed by atoms with Crippen LogP contribution < -0.4 is 5.32 Å². The Morgan fingerprint density at radius 2 is 2.00 bits per heavy atom. The van der Waals surface area contributed by atoms with E-state index in [1.165, 1.54) is 12.8 Å². The molecular weight excluding hydrogens is 217 g/mol. The average molecular weight is 230 g/mol. The van der Waals surface area contributed by atoms with Crippen LogP contribution in [-0.4, -0.2) is 6.04 Å². The van der Waals surface area contributed by atoms with E-state index in [0.717, 1.165) is 11.6 Å². The monoisotopic (exact) mass is 229 g/mol. The number of benzene rings is 1. The van der Waals surface area contributed by atoms with Crippen molar-refractivity contribution in [2.24, 2.45) is 5.92 Å². The highest BCUT2D eigenvalue weighted by atomic mass is 35.5. The molecule has 1 aliphatic carbocycles. The van der Waals surface area contributed by atoms with Gasteiger partial charge in [-0.25, -0.2) is 0 Å². The molecule has 1 fully saturated rings. The summed E-state index contributed by atoms with van der Waals surface area (Å²) in [4.78, 5) is 0. The lowest BCUT2D eigenvalue weighted by molar-refractivity contribution is 0.694. The van der Waals surface area contributed by atoms with Crippen LogP contribution in [0.15, 0.2) is 18.2 Å². The molecule has 2 rings (SSSR count). The second kappa shape index (κ2) is 4.00. The van der Waals surface area contributed by atoms with Gasteiger partial charge in [0.1, 0.15) is 0 Å². The Bertz CT molecular complexity index is 334. The maximum absolute atomic E-state index is 5.92. The number of nitrogens with one attached hydrogen (secondary N) is 1. The van der Waals surface area contributed by atoms with Gasteiger partial charge in [0.15, 0.2) is 0 Å². The number of hydrogen-bond donors (Lipinski definition) is 1. The van der Waals surface area contributed by atoms with Crippen molar-refractivity contribution in [1.29, 1.82) is 0 Å². The van der Waals surface area contributed by atoms with Crippen molar-refractivity contribution in [3.63, 3.8) is 0 Å². The van der Waals surface area contributed by atoms with Crippen LogP contribution in [0.1, 0.15) is 19.8 Å². The minimum Gasteiger partial charge on any atom is -0.382 e. The molecule has 1 aromatic carbocycles. The zero-order chi connectivity index (χ0) is 10.1. The molecule has 1 aliphatic rings. The SMILES string of the molecule is CC(Nc1ccc(Cl)c(Cl)c1)C1CC1. The molecule has 0 bridgehead atoms. The fourth-order valence-electron chi connectivity index (χ4n) is 1.56. The van der Waals surface area contributed by atoms with Gasteiger partial charge in [0.2, 0.25) is 0 Å². The summed E-state index contributed by atoms with van der Waals surface area (Å²) in [5, 5.41) is 4.65. The molecule has 3 heteroatoms. The first-order valence-electron chi connectivity index (χ1n) is 4.88.